The standard InChI is InChI=1S/C16H15N5S/c1-13-19-20-16(22-12-14-6-3-2-4-7-14)21(13)18-11-15-8-5-9-17-10-15/h2-11H,12H2,1H3/b18-11+. The summed E-state index contributed by atoms with van der Waals surface area (Å²) >= 11 is 1.62. The Balaban J connectivity index is 1.75. The molecule has 0 N–H and O–H groups in total. The number of benzene rings is 1. The quantitative estimate of drug-likeness (QED) is 0.536. The Morgan fingerprint density at radius 3 is 2.77 bits per heavy atom. The van der Waals surface area contributed by atoms with Gasteiger partial charge >= 0.3 is 0 Å². The van der Waals surface area contributed by atoms with E-state index in [0.717, 1.165) is 22.3 Å². The van der Waals surface area contributed by atoms with Gasteiger partial charge in [-0.1, -0.05) is 48.2 Å². The van der Waals surface area contributed by atoms with Gasteiger partial charge in [0.05, 0.1) is 6.21 Å². The fourth-order valence-electron chi connectivity index (χ4n) is 1.86. The highest BCUT2D eigenvalue weighted by Crippen LogP contribution is 2.21. The average molecular weight is 309 g/mol. The number of pyridine rings is 1. The summed E-state index contributed by atoms with van der Waals surface area (Å²) in [5, 5.41) is 13.5. The summed E-state index contributed by atoms with van der Waals surface area (Å²) < 4.78 is 1.75. The van der Waals surface area contributed by atoms with Crippen molar-refractivity contribution in [1.29, 1.82) is 0 Å². The van der Waals surface area contributed by atoms with Gasteiger partial charge in [-0.05, 0) is 18.6 Å². The Morgan fingerprint density at radius 2 is 2.00 bits per heavy atom. The van der Waals surface area contributed by atoms with Crippen LogP contribution in [-0.2, 0) is 5.75 Å². The number of hydrogen-bond acceptors (Lipinski definition) is 5. The van der Waals surface area contributed by atoms with E-state index in [2.05, 4.69) is 32.4 Å². The number of aromatic nitrogens is 4. The van der Waals surface area contributed by atoms with Crippen molar-refractivity contribution in [3.05, 3.63) is 71.8 Å². The Bertz CT molecular complexity index is 753. The number of aryl methyl sites for hydroxylation is 1. The monoisotopic (exact) mass is 309 g/mol. The van der Waals surface area contributed by atoms with Crippen LogP contribution >= 0.6 is 11.8 Å². The average Bonchev–Trinajstić information content (AvgIpc) is 2.93. The third-order valence-corrected chi connectivity index (χ3v) is 3.98. The maximum absolute atomic E-state index is 4.45. The molecule has 110 valence electrons. The lowest BCUT2D eigenvalue weighted by Crippen LogP contribution is -1.96. The van der Waals surface area contributed by atoms with Crippen molar-refractivity contribution in [2.75, 3.05) is 0 Å². The van der Waals surface area contributed by atoms with E-state index in [0.29, 0.717) is 0 Å². The molecule has 0 unspecified atom stereocenters. The second-order valence-corrected chi connectivity index (χ2v) is 5.59. The molecule has 6 heteroatoms. The fraction of sp³-hybridized carbons (Fsp3) is 0.125. The third kappa shape index (κ3) is 3.59. The van der Waals surface area contributed by atoms with Crippen molar-refractivity contribution in [2.24, 2.45) is 5.10 Å². The van der Waals surface area contributed by atoms with Gasteiger partial charge in [0.2, 0.25) is 5.16 Å². The van der Waals surface area contributed by atoms with Crippen molar-refractivity contribution in [3.8, 4) is 0 Å². The Morgan fingerprint density at radius 1 is 1.14 bits per heavy atom. The molecule has 1 aromatic carbocycles. The molecule has 0 bridgehead atoms. The molecule has 0 aliphatic rings. The van der Waals surface area contributed by atoms with Gasteiger partial charge in [0.1, 0.15) is 0 Å². The molecule has 0 fully saturated rings. The molecular weight excluding hydrogens is 294 g/mol. The van der Waals surface area contributed by atoms with Crippen LogP contribution in [0.15, 0.2) is 65.1 Å². The fourth-order valence-corrected chi connectivity index (χ4v) is 2.75. The lowest BCUT2D eigenvalue weighted by Gasteiger charge is -2.02. The third-order valence-electron chi connectivity index (χ3n) is 2.99. The van der Waals surface area contributed by atoms with Crippen LogP contribution in [-0.4, -0.2) is 26.1 Å². The first-order valence-electron chi connectivity index (χ1n) is 6.86. The first-order valence-corrected chi connectivity index (χ1v) is 7.84. The molecule has 0 saturated carbocycles. The summed E-state index contributed by atoms with van der Waals surface area (Å²) in [5.74, 6) is 1.59. The summed E-state index contributed by atoms with van der Waals surface area (Å²) in [6.07, 6.45) is 5.26. The molecule has 0 amide bonds. The molecular formula is C16H15N5S. The highest BCUT2D eigenvalue weighted by molar-refractivity contribution is 7.98. The second-order valence-electron chi connectivity index (χ2n) is 4.65. The molecule has 0 atom stereocenters. The minimum Gasteiger partial charge on any atom is -0.264 e. The van der Waals surface area contributed by atoms with Gasteiger partial charge in [0, 0.05) is 23.7 Å². The van der Waals surface area contributed by atoms with E-state index in [4.69, 9.17) is 0 Å². The van der Waals surface area contributed by atoms with Crippen LogP contribution in [0.25, 0.3) is 0 Å². The summed E-state index contributed by atoms with van der Waals surface area (Å²) in [6.45, 7) is 1.89. The van der Waals surface area contributed by atoms with E-state index in [1.54, 1.807) is 35.0 Å². The Hall–Kier alpha value is -2.47. The molecule has 0 aliphatic carbocycles. The van der Waals surface area contributed by atoms with Crippen LogP contribution < -0.4 is 0 Å². The number of hydrogen-bond donors (Lipinski definition) is 0. The van der Waals surface area contributed by atoms with E-state index in [1.807, 2.05) is 37.3 Å². The predicted octanol–water partition coefficient (Wildman–Crippen LogP) is 3.16. The molecule has 5 nitrogen and oxygen atoms in total. The Kier molecular flexibility index (Phi) is 4.60. The zero-order chi connectivity index (χ0) is 15.2. The molecule has 2 aromatic heterocycles. The molecule has 0 saturated heterocycles. The van der Waals surface area contributed by atoms with Crippen LogP contribution in [0.2, 0.25) is 0 Å². The largest absolute Gasteiger partial charge is 0.264 e. The maximum atomic E-state index is 4.45. The zero-order valence-corrected chi connectivity index (χ0v) is 12.9. The summed E-state index contributed by atoms with van der Waals surface area (Å²) in [7, 11) is 0. The van der Waals surface area contributed by atoms with Crippen molar-refractivity contribution in [2.45, 2.75) is 17.8 Å². The lowest BCUT2D eigenvalue weighted by atomic mass is 10.2. The molecule has 0 aliphatic heterocycles. The van der Waals surface area contributed by atoms with Gasteiger partial charge in [0.15, 0.2) is 5.82 Å². The van der Waals surface area contributed by atoms with E-state index in [-0.39, 0.29) is 0 Å². The van der Waals surface area contributed by atoms with Gasteiger partial charge in [-0.3, -0.25) is 4.98 Å². The van der Waals surface area contributed by atoms with E-state index >= 15 is 0 Å². The smallest absolute Gasteiger partial charge is 0.212 e. The molecule has 22 heavy (non-hydrogen) atoms. The Labute approximate surface area is 133 Å². The lowest BCUT2D eigenvalue weighted by molar-refractivity contribution is 0.744. The van der Waals surface area contributed by atoms with Crippen LogP contribution in [0.5, 0.6) is 0 Å². The molecule has 3 rings (SSSR count). The molecule has 2 heterocycles. The van der Waals surface area contributed by atoms with Gasteiger partial charge in [-0.25, -0.2) is 0 Å². The number of nitrogens with zero attached hydrogens (tertiary/aromatic N) is 5. The zero-order valence-electron chi connectivity index (χ0n) is 12.1. The van der Waals surface area contributed by atoms with E-state index in [1.165, 1.54) is 5.56 Å². The van der Waals surface area contributed by atoms with Crippen LogP contribution in [0.4, 0.5) is 0 Å². The van der Waals surface area contributed by atoms with Crippen LogP contribution in [0.3, 0.4) is 0 Å². The molecule has 0 spiro atoms. The van der Waals surface area contributed by atoms with E-state index < -0.39 is 0 Å². The van der Waals surface area contributed by atoms with Crippen molar-refractivity contribution >= 4 is 18.0 Å². The van der Waals surface area contributed by atoms with Gasteiger partial charge in [0.25, 0.3) is 0 Å². The summed E-state index contributed by atoms with van der Waals surface area (Å²) in [4.78, 5) is 4.07. The van der Waals surface area contributed by atoms with Gasteiger partial charge < -0.3 is 0 Å². The topological polar surface area (TPSA) is 56.0 Å². The minimum atomic E-state index is 0.760. The first kappa shape index (κ1) is 14.5. The van der Waals surface area contributed by atoms with Gasteiger partial charge in [-0.2, -0.15) is 9.78 Å². The normalized spacial score (nSPS) is 11.1. The number of rotatable bonds is 5. The van der Waals surface area contributed by atoms with Crippen LogP contribution in [0.1, 0.15) is 17.0 Å². The van der Waals surface area contributed by atoms with Gasteiger partial charge in [-0.15, -0.1) is 10.2 Å². The first-order chi connectivity index (χ1) is 10.8. The second kappa shape index (κ2) is 7.00. The van der Waals surface area contributed by atoms with Crippen molar-refractivity contribution in [1.82, 2.24) is 19.9 Å². The van der Waals surface area contributed by atoms with Crippen molar-refractivity contribution < 1.29 is 0 Å². The summed E-state index contributed by atoms with van der Waals surface area (Å²) in [6, 6.07) is 14.1. The maximum Gasteiger partial charge on any atom is 0.212 e. The van der Waals surface area contributed by atoms with Crippen LogP contribution in [0, 0.1) is 6.92 Å². The molecule has 3 aromatic rings. The minimum absolute atomic E-state index is 0.760. The molecule has 0 radical (unpaired) electrons. The predicted molar refractivity (Wildman–Crippen MR) is 88.0 cm³/mol. The van der Waals surface area contributed by atoms with E-state index in [9.17, 15) is 0 Å². The SMILES string of the molecule is Cc1nnc(SCc2ccccc2)n1/N=C/c1cccnc1. The highest BCUT2D eigenvalue weighted by Gasteiger charge is 2.08. The number of thioether (sulfide) groups is 1. The highest BCUT2D eigenvalue weighted by atomic mass is 32.2. The summed E-state index contributed by atoms with van der Waals surface area (Å²) in [5.41, 5.74) is 2.19. The van der Waals surface area contributed by atoms with Crippen molar-refractivity contribution in [3.63, 3.8) is 0 Å².